The van der Waals surface area contributed by atoms with Crippen molar-refractivity contribution in [2.75, 3.05) is 5.32 Å². The number of benzene rings is 1. The average molecular weight is 392 g/mol. The average Bonchev–Trinajstić information content (AvgIpc) is 2.41. The first-order chi connectivity index (χ1) is 11.9. The molecule has 1 rings (SSSR count). The van der Waals surface area contributed by atoms with E-state index >= 15 is 0 Å². The Morgan fingerprint density at radius 3 is 1.81 bits per heavy atom. The van der Waals surface area contributed by atoms with Gasteiger partial charge in [-0.05, 0) is 68.3 Å². The summed E-state index contributed by atoms with van der Waals surface area (Å²) < 4.78 is 11.7. The van der Waals surface area contributed by atoms with Gasteiger partial charge in [0.05, 0.1) is 5.60 Å². The Bertz CT molecular complexity index is 662. The zero-order valence-electron chi connectivity index (χ0n) is 19.0. The molecule has 0 unspecified atom stereocenters. The van der Waals surface area contributed by atoms with Crippen LogP contribution in [0.5, 0.6) is 0 Å². The molecule has 0 spiro atoms. The van der Waals surface area contributed by atoms with Crippen molar-refractivity contribution in [3.63, 3.8) is 0 Å². The van der Waals surface area contributed by atoms with Crippen LogP contribution >= 0.6 is 0 Å². The fourth-order valence-corrected chi connectivity index (χ4v) is 2.92. The molecule has 0 aliphatic carbocycles. The molecule has 0 atom stereocenters. The first-order valence-corrected chi connectivity index (χ1v) is 10.4. The van der Waals surface area contributed by atoms with E-state index in [9.17, 15) is 4.79 Å². The molecule has 0 bridgehead atoms. The van der Waals surface area contributed by atoms with E-state index in [2.05, 4.69) is 66.8 Å². The van der Waals surface area contributed by atoms with Gasteiger partial charge >= 0.3 is 6.09 Å². The van der Waals surface area contributed by atoms with Crippen LogP contribution in [0.25, 0.3) is 0 Å². The second kappa shape index (κ2) is 7.96. The molecule has 1 aromatic carbocycles. The van der Waals surface area contributed by atoms with Crippen LogP contribution < -0.4 is 5.32 Å². The molecule has 5 heteroatoms. The molecule has 4 nitrogen and oxygen atoms in total. The Morgan fingerprint density at radius 2 is 1.37 bits per heavy atom. The van der Waals surface area contributed by atoms with Crippen LogP contribution in [0, 0.1) is 0 Å². The van der Waals surface area contributed by atoms with Crippen LogP contribution in [0.3, 0.4) is 0 Å². The summed E-state index contributed by atoms with van der Waals surface area (Å²) in [7, 11) is 0.375. The maximum Gasteiger partial charge on any atom is 0.412 e. The van der Waals surface area contributed by atoms with Gasteiger partial charge in [0.1, 0.15) is 5.60 Å². The Hall–Kier alpha value is -1.33. The summed E-state index contributed by atoms with van der Waals surface area (Å²) in [5.41, 5.74) is 1.85. The number of hydrogen-bond donors (Lipinski definition) is 1. The maximum atomic E-state index is 12.2. The highest BCUT2D eigenvalue weighted by Gasteiger charge is 2.28. The van der Waals surface area contributed by atoms with E-state index in [1.165, 1.54) is 0 Å². The fraction of sp³-hybridized carbons (Fsp3) is 0.682. The summed E-state index contributed by atoms with van der Waals surface area (Å²) in [5, 5.41) is 2.99. The van der Waals surface area contributed by atoms with Gasteiger partial charge in [0.15, 0.2) is 0 Å². The Labute approximate surface area is 168 Å². The van der Waals surface area contributed by atoms with Crippen LogP contribution in [0.2, 0.25) is 5.04 Å². The molecular formula is C22H37NO3Si. The lowest BCUT2D eigenvalue weighted by atomic mass is 9.83. The fourth-order valence-electron chi connectivity index (χ4n) is 2.24. The SMILES string of the molecule is CC(C)(C)OC(=O)Nc1cc(C(C)(C)C)cc(C(C)(C)O[Si]C(C)(C)C)c1. The number of rotatable bonds is 4. The second-order valence-electron chi connectivity index (χ2n) is 10.6. The summed E-state index contributed by atoms with van der Waals surface area (Å²) in [4.78, 5) is 12.2. The number of nitrogens with one attached hydrogen (secondary N) is 1. The van der Waals surface area contributed by atoms with Gasteiger partial charge in [0.2, 0.25) is 9.76 Å². The third-order valence-corrected chi connectivity index (χ3v) is 4.98. The topological polar surface area (TPSA) is 47.6 Å². The van der Waals surface area contributed by atoms with E-state index in [1.807, 2.05) is 32.9 Å². The monoisotopic (exact) mass is 391 g/mol. The molecule has 0 saturated heterocycles. The molecule has 152 valence electrons. The van der Waals surface area contributed by atoms with Crippen molar-refractivity contribution in [2.24, 2.45) is 0 Å². The molecule has 27 heavy (non-hydrogen) atoms. The number of anilines is 1. The number of amides is 1. The minimum absolute atomic E-state index is 0.0528. The van der Waals surface area contributed by atoms with Gasteiger partial charge in [-0.25, -0.2) is 4.79 Å². The highest BCUT2D eigenvalue weighted by atomic mass is 28.2. The first kappa shape index (κ1) is 23.7. The van der Waals surface area contributed by atoms with E-state index < -0.39 is 17.3 Å². The van der Waals surface area contributed by atoms with Gasteiger partial charge in [0.25, 0.3) is 0 Å². The smallest absolute Gasteiger partial charge is 0.412 e. The number of hydrogen-bond acceptors (Lipinski definition) is 3. The van der Waals surface area contributed by atoms with Crippen molar-refractivity contribution in [3.8, 4) is 0 Å². The molecule has 0 aromatic heterocycles. The lowest BCUT2D eigenvalue weighted by Gasteiger charge is -2.32. The molecule has 1 aromatic rings. The molecule has 0 saturated carbocycles. The minimum Gasteiger partial charge on any atom is -0.444 e. The molecule has 0 aliphatic heterocycles. The quantitative estimate of drug-likeness (QED) is 0.602. The molecular weight excluding hydrogens is 354 g/mol. The lowest BCUT2D eigenvalue weighted by Crippen LogP contribution is -2.29. The predicted octanol–water partition coefficient (Wildman–Crippen LogP) is 6.42. The van der Waals surface area contributed by atoms with Gasteiger partial charge in [-0.2, -0.15) is 0 Å². The van der Waals surface area contributed by atoms with Crippen molar-refractivity contribution in [1.29, 1.82) is 0 Å². The molecule has 0 aliphatic rings. The third-order valence-electron chi connectivity index (χ3n) is 3.75. The Kier molecular flexibility index (Phi) is 6.99. The summed E-state index contributed by atoms with van der Waals surface area (Å²) in [6.45, 7) is 22.7. The van der Waals surface area contributed by atoms with E-state index in [-0.39, 0.29) is 10.5 Å². The van der Waals surface area contributed by atoms with Gasteiger partial charge in [-0.3, -0.25) is 5.32 Å². The number of carbonyl (C=O) groups is 1. The molecule has 0 fully saturated rings. The Morgan fingerprint density at radius 1 is 0.852 bits per heavy atom. The highest BCUT2D eigenvalue weighted by Crippen LogP contribution is 2.34. The van der Waals surface area contributed by atoms with E-state index in [1.54, 1.807) is 0 Å². The highest BCUT2D eigenvalue weighted by molar-refractivity contribution is 6.31. The normalized spacial score (nSPS) is 13.4. The molecule has 2 radical (unpaired) electrons. The predicted molar refractivity (Wildman–Crippen MR) is 115 cm³/mol. The zero-order valence-corrected chi connectivity index (χ0v) is 20.0. The van der Waals surface area contributed by atoms with Crippen molar-refractivity contribution in [3.05, 3.63) is 29.3 Å². The van der Waals surface area contributed by atoms with Crippen LogP contribution in [0.4, 0.5) is 10.5 Å². The maximum absolute atomic E-state index is 12.2. The van der Waals surface area contributed by atoms with Gasteiger partial charge < -0.3 is 9.16 Å². The number of ether oxygens (including phenoxy) is 1. The summed E-state index contributed by atoms with van der Waals surface area (Å²) >= 11 is 0. The lowest BCUT2D eigenvalue weighted by molar-refractivity contribution is 0.0635. The first-order valence-electron chi connectivity index (χ1n) is 9.50. The van der Waals surface area contributed by atoms with E-state index in [4.69, 9.17) is 9.16 Å². The summed E-state index contributed by atoms with van der Waals surface area (Å²) in [5.74, 6) is 0. The summed E-state index contributed by atoms with van der Waals surface area (Å²) in [6.07, 6.45) is -0.449. The third kappa shape index (κ3) is 8.48. The summed E-state index contributed by atoms with van der Waals surface area (Å²) in [6, 6.07) is 6.16. The van der Waals surface area contributed by atoms with E-state index in [0.29, 0.717) is 9.76 Å². The van der Waals surface area contributed by atoms with Gasteiger partial charge in [-0.15, -0.1) is 0 Å². The van der Waals surface area contributed by atoms with Gasteiger partial charge in [0, 0.05) is 5.69 Å². The molecule has 1 amide bonds. The van der Waals surface area contributed by atoms with Crippen LogP contribution in [0.15, 0.2) is 18.2 Å². The van der Waals surface area contributed by atoms with E-state index in [0.717, 1.165) is 16.8 Å². The minimum atomic E-state index is -0.537. The zero-order chi connectivity index (χ0) is 21.3. The van der Waals surface area contributed by atoms with Crippen molar-refractivity contribution in [1.82, 2.24) is 0 Å². The van der Waals surface area contributed by atoms with Crippen LogP contribution in [-0.4, -0.2) is 21.5 Å². The molecule has 1 N–H and O–H groups in total. The largest absolute Gasteiger partial charge is 0.444 e. The standard InChI is InChI=1S/C22H37NO3Si/c1-19(2,3)15-12-16(22(10,11)26-27-21(7,8)9)14-17(13-15)23-18(24)25-20(4,5)6/h12-14H,1-11H3,(H,23,24). The second-order valence-corrected chi connectivity index (χ2v) is 12.5. The van der Waals surface area contributed by atoms with Crippen molar-refractivity contribution in [2.45, 2.75) is 97.8 Å². The molecule has 0 heterocycles. The number of carbonyl (C=O) groups excluding carboxylic acids is 1. The van der Waals surface area contributed by atoms with Crippen molar-refractivity contribution < 1.29 is 14.0 Å². The van der Waals surface area contributed by atoms with Crippen LogP contribution in [-0.2, 0) is 20.2 Å². The van der Waals surface area contributed by atoms with Crippen LogP contribution in [0.1, 0.15) is 87.3 Å². The van der Waals surface area contributed by atoms with Gasteiger partial charge in [-0.1, -0.05) is 47.6 Å². The van der Waals surface area contributed by atoms with Crippen molar-refractivity contribution >= 4 is 21.5 Å². The Balaban J connectivity index is 3.23.